The largest absolute Gasteiger partial charge is 0.394 e. The van der Waals surface area contributed by atoms with Crippen LogP contribution in [0.15, 0.2) is 4.99 Å². The Kier molecular flexibility index (Phi) is 2.27. The molecule has 0 spiro atoms. The average Bonchev–Trinajstić information content (AvgIpc) is 2.34. The van der Waals surface area contributed by atoms with Crippen LogP contribution < -0.4 is 5.32 Å². The minimum Gasteiger partial charge on any atom is -0.394 e. The molecule has 10 heavy (non-hydrogen) atoms. The molecule has 0 saturated carbocycles. The SMILES string of the molecule is CC(C)C1=NC[C@@H](CO)N1. The monoisotopic (exact) mass is 142 g/mol. The van der Waals surface area contributed by atoms with E-state index < -0.39 is 0 Å². The highest BCUT2D eigenvalue weighted by Gasteiger charge is 2.17. The lowest BCUT2D eigenvalue weighted by Gasteiger charge is -2.09. The summed E-state index contributed by atoms with van der Waals surface area (Å²) in [5.74, 6) is 1.48. The van der Waals surface area contributed by atoms with Crippen LogP contribution in [-0.2, 0) is 0 Å². The molecular weight excluding hydrogens is 128 g/mol. The Morgan fingerprint density at radius 3 is 2.80 bits per heavy atom. The normalized spacial score (nSPS) is 24.8. The lowest BCUT2D eigenvalue weighted by Crippen LogP contribution is -2.35. The quantitative estimate of drug-likeness (QED) is 0.570. The van der Waals surface area contributed by atoms with E-state index in [1.807, 2.05) is 0 Å². The molecule has 2 N–H and O–H groups in total. The van der Waals surface area contributed by atoms with Gasteiger partial charge in [0.1, 0.15) is 0 Å². The van der Waals surface area contributed by atoms with Gasteiger partial charge in [-0.05, 0) is 0 Å². The lowest BCUT2D eigenvalue weighted by atomic mass is 10.2. The zero-order chi connectivity index (χ0) is 7.56. The first-order valence-electron chi connectivity index (χ1n) is 3.65. The summed E-state index contributed by atoms with van der Waals surface area (Å²) in [4.78, 5) is 4.23. The van der Waals surface area contributed by atoms with E-state index in [-0.39, 0.29) is 12.6 Å². The zero-order valence-corrected chi connectivity index (χ0v) is 6.46. The Bertz CT molecular complexity index is 143. The molecule has 3 nitrogen and oxygen atoms in total. The van der Waals surface area contributed by atoms with Crippen molar-refractivity contribution in [1.82, 2.24) is 5.32 Å². The molecule has 0 aromatic carbocycles. The van der Waals surface area contributed by atoms with E-state index in [4.69, 9.17) is 5.11 Å². The van der Waals surface area contributed by atoms with Crippen LogP contribution in [0.1, 0.15) is 13.8 Å². The van der Waals surface area contributed by atoms with Crippen LogP contribution in [0.2, 0.25) is 0 Å². The van der Waals surface area contributed by atoms with Gasteiger partial charge in [0.25, 0.3) is 0 Å². The molecule has 0 amide bonds. The number of aliphatic hydroxyl groups excluding tert-OH is 1. The van der Waals surface area contributed by atoms with Gasteiger partial charge in [-0.1, -0.05) is 13.8 Å². The Labute approximate surface area is 61.2 Å². The maximum absolute atomic E-state index is 8.73. The van der Waals surface area contributed by atoms with E-state index in [0.717, 1.165) is 12.4 Å². The highest BCUT2D eigenvalue weighted by atomic mass is 16.3. The van der Waals surface area contributed by atoms with Crippen molar-refractivity contribution >= 4 is 5.84 Å². The van der Waals surface area contributed by atoms with E-state index in [9.17, 15) is 0 Å². The van der Waals surface area contributed by atoms with Gasteiger partial charge in [0.05, 0.1) is 25.0 Å². The molecule has 0 radical (unpaired) electrons. The van der Waals surface area contributed by atoms with Gasteiger partial charge in [-0.15, -0.1) is 0 Å². The lowest BCUT2D eigenvalue weighted by molar-refractivity contribution is 0.263. The Hall–Kier alpha value is -0.570. The molecular formula is C7H14N2O. The molecule has 58 valence electrons. The van der Waals surface area contributed by atoms with Crippen LogP contribution in [0, 0.1) is 5.92 Å². The molecule has 0 aromatic rings. The van der Waals surface area contributed by atoms with Crippen molar-refractivity contribution < 1.29 is 5.11 Å². The molecule has 0 aromatic heterocycles. The predicted octanol–water partition coefficient (Wildman–Crippen LogP) is 0.00500. The molecule has 0 unspecified atom stereocenters. The summed E-state index contributed by atoms with van der Waals surface area (Å²) in [6.45, 7) is 5.08. The Morgan fingerprint density at radius 1 is 1.80 bits per heavy atom. The summed E-state index contributed by atoms with van der Waals surface area (Å²) < 4.78 is 0. The van der Waals surface area contributed by atoms with E-state index in [1.165, 1.54) is 0 Å². The van der Waals surface area contributed by atoms with Crippen molar-refractivity contribution in [2.45, 2.75) is 19.9 Å². The van der Waals surface area contributed by atoms with Gasteiger partial charge in [-0.3, -0.25) is 4.99 Å². The molecule has 1 aliphatic heterocycles. The summed E-state index contributed by atoms with van der Waals surface area (Å²) >= 11 is 0. The molecule has 1 heterocycles. The van der Waals surface area contributed by atoms with Gasteiger partial charge in [-0.25, -0.2) is 0 Å². The van der Waals surface area contributed by atoms with Crippen molar-refractivity contribution in [3.05, 3.63) is 0 Å². The first-order valence-corrected chi connectivity index (χ1v) is 3.65. The molecule has 1 rings (SSSR count). The molecule has 3 heteroatoms. The standard InChI is InChI=1S/C7H14N2O/c1-5(2)7-8-3-6(4-10)9-7/h5-6,10H,3-4H2,1-2H3,(H,8,9)/t6-/m0/s1. The third-order valence-corrected chi connectivity index (χ3v) is 1.60. The van der Waals surface area contributed by atoms with Crippen molar-refractivity contribution in [2.75, 3.05) is 13.2 Å². The Morgan fingerprint density at radius 2 is 2.50 bits per heavy atom. The fourth-order valence-electron chi connectivity index (χ4n) is 0.962. The van der Waals surface area contributed by atoms with E-state index in [2.05, 4.69) is 24.2 Å². The highest BCUT2D eigenvalue weighted by molar-refractivity contribution is 5.85. The van der Waals surface area contributed by atoms with Crippen molar-refractivity contribution in [2.24, 2.45) is 10.9 Å². The second-order valence-electron chi connectivity index (χ2n) is 2.90. The van der Waals surface area contributed by atoms with Gasteiger partial charge in [-0.2, -0.15) is 0 Å². The van der Waals surface area contributed by atoms with Gasteiger partial charge in [0.2, 0.25) is 0 Å². The van der Waals surface area contributed by atoms with Crippen molar-refractivity contribution in [1.29, 1.82) is 0 Å². The summed E-state index contributed by atoms with van der Waals surface area (Å²) in [6.07, 6.45) is 0. The van der Waals surface area contributed by atoms with Crippen LogP contribution in [0.4, 0.5) is 0 Å². The Balaban J connectivity index is 2.39. The summed E-state index contributed by atoms with van der Waals surface area (Å²) in [5, 5.41) is 11.9. The first-order chi connectivity index (χ1) is 4.74. The second-order valence-corrected chi connectivity index (χ2v) is 2.90. The predicted molar refractivity (Wildman–Crippen MR) is 41.1 cm³/mol. The number of hydrogen-bond donors (Lipinski definition) is 2. The van der Waals surface area contributed by atoms with Gasteiger partial charge >= 0.3 is 0 Å². The minimum atomic E-state index is 0.164. The minimum absolute atomic E-state index is 0.164. The number of nitrogens with zero attached hydrogens (tertiary/aromatic N) is 1. The van der Waals surface area contributed by atoms with Crippen LogP contribution in [0.3, 0.4) is 0 Å². The molecule has 1 atom stereocenters. The van der Waals surface area contributed by atoms with Crippen LogP contribution in [0.5, 0.6) is 0 Å². The first kappa shape index (κ1) is 7.54. The third-order valence-electron chi connectivity index (χ3n) is 1.60. The van der Waals surface area contributed by atoms with Crippen molar-refractivity contribution in [3.63, 3.8) is 0 Å². The number of nitrogens with one attached hydrogen (secondary N) is 1. The summed E-state index contributed by atoms with van der Waals surface area (Å²) in [5.41, 5.74) is 0. The fourth-order valence-corrected chi connectivity index (χ4v) is 0.962. The fraction of sp³-hybridized carbons (Fsp3) is 0.857. The van der Waals surface area contributed by atoms with Crippen molar-refractivity contribution in [3.8, 4) is 0 Å². The smallest absolute Gasteiger partial charge is 0.0993 e. The number of aliphatic imine (C=N–C) groups is 1. The number of rotatable bonds is 2. The summed E-state index contributed by atoms with van der Waals surface area (Å²) in [7, 11) is 0. The second kappa shape index (κ2) is 3.01. The van der Waals surface area contributed by atoms with Gasteiger partial charge < -0.3 is 10.4 Å². The van der Waals surface area contributed by atoms with Crippen LogP contribution >= 0.6 is 0 Å². The maximum Gasteiger partial charge on any atom is 0.0993 e. The number of aliphatic hydroxyl groups is 1. The van der Waals surface area contributed by atoms with E-state index in [0.29, 0.717) is 5.92 Å². The van der Waals surface area contributed by atoms with Crippen LogP contribution in [-0.4, -0.2) is 30.1 Å². The molecule has 0 saturated heterocycles. The molecule has 0 bridgehead atoms. The maximum atomic E-state index is 8.73. The number of amidine groups is 1. The van der Waals surface area contributed by atoms with Gasteiger partial charge in [0, 0.05) is 5.92 Å². The number of hydrogen-bond acceptors (Lipinski definition) is 3. The molecule has 0 fully saturated rings. The average molecular weight is 142 g/mol. The van der Waals surface area contributed by atoms with Crippen LogP contribution in [0.25, 0.3) is 0 Å². The van der Waals surface area contributed by atoms with E-state index >= 15 is 0 Å². The molecule has 1 aliphatic rings. The summed E-state index contributed by atoms with van der Waals surface area (Å²) in [6, 6.07) is 0.164. The van der Waals surface area contributed by atoms with Gasteiger partial charge in [0.15, 0.2) is 0 Å². The van der Waals surface area contributed by atoms with E-state index in [1.54, 1.807) is 0 Å². The topological polar surface area (TPSA) is 44.6 Å². The highest BCUT2D eigenvalue weighted by Crippen LogP contribution is 2.02. The third kappa shape index (κ3) is 1.48. The molecule has 0 aliphatic carbocycles. The zero-order valence-electron chi connectivity index (χ0n) is 6.46.